The van der Waals surface area contributed by atoms with E-state index >= 15 is 0 Å². The first-order valence-electron chi connectivity index (χ1n) is 8.73. The van der Waals surface area contributed by atoms with Crippen molar-refractivity contribution in [1.29, 1.82) is 0 Å². The zero-order valence-corrected chi connectivity index (χ0v) is 15.2. The van der Waals surface area contributed by atoms with Crippen molar-refractivity contribution in [2.24, 2.45) is 11.1 Å². The molecule has 0 radical (unpaired) electrons. The van der Waals surface area contributed by atoms with Crippen molar-refractivity contribution >= 4 is 29.0 Å². The Morgan fingerprint density at radius 2 is 1.88 bits per heavy atom. The number of anilines is 1. The van der Waals surface area contributed by atoms with E-state index < -0.39 is 0 Å². The van der Waals surface area contributed by atoms with Gasteiger partial charge in [0.25, 0.3) is 5.91 Å². The molecule has 1 saturated heterocycles. The number of benzene rings is 2. The topological polar surface area (TPSA) is 64.9 Å². The quantitative estimate of drug-likeness (QED) is 0.360. The Kier molecular flexibility index (Phi) is 6.12. The number of amidine groups is 1. The fourth-order valence-electron chi connectivity index (χ4n) is 3.23. The standard InChI is InChI=1S/C20H22ClN3O2/c21-17-7-4-8-18(14-17)22-19(23-26)13-15-9-11-24(12-10-15)20(25)16-5-2-1-3-6-16/h1-8,14-15,26H,9-13H2,(H,22,23). The summed E-state index contributed by atoms with van der Waals surface area (Å²) in [5.41, 5.74) is 1.52. The molecular formula is C20H22ClN3O2. The summed E-state index contributed by atoms with van der Waals surface area (Å²) in [5.74, 6) is 0.963. The molecule has 2 N–H and O–H groups in total. The van der Waals surface area contributed by atoms with E-state index in [-0.39, 0.29) is 5.91 Å². The molecule has 0 aliphatic carbocycles. The minimum atomic E-state index is 0.0807. The van der Waals surface area contributed by atoms with Gasteiger partial charge in [0.1, 0.15) is 5.84 Å². The van der Waals surface area contributed by atoms with Crippen LogP contribution in [-0.2, 0) is 0 Å². The summed E-state index contributed by atoms with van der Waals surface area (Å²) in [6.07, 6.45) is 2.40. The fraction of sp³-hybridized carbons (Fsp3) is 0.300. The molecule has 2 aromatic rings. The molecule has 0 spiro atoms. The lowest BCUT2D eigenvalue weighted by molar-refractivity contribution is 0.0693. The van der Waals surface area contributed by atoms with Crippen molar-refractivity contribution in [3.05, 3.63) is 65.2 Å². The molecule has 1 heterocycles. The second kappa shape index (κ2) is 8.72. The largest absolute Gasteiger partial charge is 0.409 e. The van der Waals surface area contributed by atoms with E-state index in [4.69, 9.17) is 11.6 Å². The molecule has 26 heavy (non-hydrogen) atoms. The molecule has 5 nitrogen and oxygen atoms in total. The van der Waals surface area contributed by atoms with Crippen LogP contribution < -0.4 is 5.32 Å². The van der Waals surface area contributed by atoms with Crippen LogP contribution in [-0.4, -0.2) is 34.9 Å². The second-order valence-electron chi connectivity index (χ2n) is 6.49. The number of hydrogen-bond acceptors (Lipinski definition) is 3. The first-order chi connectivity index (χ1) is 12.7. The van der Waals surface area contributed by atoms with Gasteiger partial charge in [-0.2, -0.15) is 0 Å². The summed E-state index contributed by atoms with van der Waals surface area (Å²) in [5, 5.41) is 16.4. The minimum absolute atomic E-state index is 0.0807. The van der Waals surface area contributed by atoms with Crippen molar-refractivity contribution in [2.75, 3.05) is 18.4 Å². The van der Waals surface area contributed by atoms with Crippen molar-refractivity contribution in [1.82, 2.24) is 4.90 Å². The predicted octanol–water partition coefficient (Wildman–Crippen LogP) is 4.48. The number of rotatable bonds is 4. The van der Waals surface area contributed by atoms with Gasteiger partial charge in [-0.1, -0.05) is 41.0 Å². The van der Waals surface area contributed by atoms with Crippen LogP contribution >= 0.6 is 11.6 Å². The van der Waals surface area contributed by atoms with Crippen molar-refractivity contribution in [3.8, 4) is 0 Å². The molecule has 0 bridgehead atoms. The van der Waals surface area contributed by atoms with Crippen LogP contribution in [0.4, 0.5) is 5.69 Å². The van der Waals surface area contributed by atoms with E-state index in [9.17, 15) is 10.0 Å². The highest BCUT2D eigenvalue weighted by Gasteiger charge is 2.24. The Hall–Kier alpha value is -2.53. The Balaban J connectivity index is 1.52. The maximum absolute atomic E-state index is 12.5. The average molecular weight is 372 g/mol. The molecule has 2 aromatic carbocycles. The number of nitrogens with zero attached hydrogens (tertiary/aromatic N) is 2. The van der Waals surface area contributed by atoms with E-state index in [1.807, 2.05) is 47.4 Å². The molecular weight excluding hydrogens is 350 g/mol. The van der Waals surface area contributed by atoms with Crippen LogP contribution in [0.15, 0.2) is 59.8 Å². The number of carbonyl (C=O) groups is 1. The van der Waals surface area contributed by atoms with Crippen LogP contribution in [0.5, 0.6) is 0 Å². The number of likely N-dealkylation sites (tertiary alicyclic amines) is 1. The SMILES string of the molecule is O=C(c1ccccc1)N1CCC(C/C(=N\O)Nc2cccc(Cl)c2)CC1. The van der Waals surface area contributed by atoms with Crippen molar-refractivity contribution in [3.63, 3.8) is 0 Å². The number of carbonyl (C=O) groups excluding carboxylic acids is 1. The molecule has 0 aromatic heterocycles. The number of amides is 1. The van der Waals surface area contributed by atoms with Gasteiger partial charge in [-0.25, -0.2) is 0 Å². The first kappa shape index (κ1) is 18.3. The van der Waals surface area contributed by atoms with Crippen molar-refractivity contribution < 1.29 is 10.0 Å². The monoisotopic (exact) mass is 371 g/mol. The van der Waals surface area contributed by atoms with E-state index in [1.165, 1.54) is 0 Å². The van der Waals surface area contributed by atoms with E-state index in [0.717, 1.165) is 24.1 Å². The second-order valence-corrected chi connectivity index (χ2v) is 6.92. The Morgan fingerprint density at radius 3 is 2.54 bits per heavy atom. The number of oxime groups is 1. The van der Waals surface area contributed by atoms with Crippen LogP contribution in [0.2, 0.25) is 5.02 Å². The lowest BCUT2D eigenvalue weighted by atomic mass is 9.92. The molecule has 6 heteroatoms. The van der Waals surface area contributed by atoms with Gasteiger partial charge in [0.2, 0.25) is 0 Å². The van der Waals surface area contributed by atoms with Crippen LogP contribution in [0.1, 0.15) is 29.6 Å². The predicted molar refractivity (Wildman–Crippen MR) is 104 cm³/mol. The molecule has 0 saturated carbocycles. The summed E-state index contributed by atoms with van der Waals surface area (Å²) >= 11 is 5.98. The lowest BCUT2D eigenvalue weighted by Gasteiger charge is -2.32. The molecule has 3 rings (SSSR count). The van der Waals surface area contributed by atoms with Crippen LogP contribution in [0.25, 0.3) is 0 Å². The van der Waals surface area contributed by atoms with Crippen LogP contribution in [0.3, 0.4) is 0 Å². The Bertz CT molecular complexity index is 772. The normalized spacial score (nSPS) is 15.7. The highest BCUT2D eigenvalue weighted by molar-refractivity contribution is 6.30. The zero-order chi connectivity index (χ0) is 18.4. The van der Waals surface area contributed by atoms with E-state index in [1.54, 1.807) is 12.1 Å². The van der Waals surface area contributed by atoms with Gasteiger partial charge in [0, 0.05) is 35.8 Å². The highest BCUT2D eigenvalue weighted by atomic mass is 35.5. The van der Waals surface area contributed by atoms with Gasteiger partial charge in [-0.05, 0) is 49.1 Å². The molecule has 0 atom stereocenters. The summed E-state index contributed by atoms with van der Waals surface area (Å²) in [6, 6.07) is 16.7. The number of halogens is 1. The van der Waals surface area contributed by atoms with Crippen molar-refractivity contribution in [2.45, 2.75) is 19.3 Å². The lowest BCUT2D eigenvalue weighted by Crippen LogP contribution is -2.39. The van der Waals surface area contributed by atoms with Crippen LogP contribution in [0, 0.1) is 5.92 Å². The summed E-state index contributed by atoms with van der Waals surface area (Å²) in [7, 11) is 0. The number of piperidine rings is 1. The summed E-state index contributed by atoms with van der Waals surface area (Å²) in [6.45, 7) is 1.43. The van der Waals surface area contributed by atoms with Gasteiger partial charge in [0.15, 0.2) is 0 Å². The zero-order valence-electron chi connectivity index (χ0n) is 14.4. The van der Waals surface area contributed by atoms with E-state index in [0.29, 0.717) is 36.3 Å². The molecule has 1 aliphatic heterocycles. The maximum Gasteiger partial charge on any atom is 0.253 e. The molecule has 1 fully saturated rings. The summed E-state index contributed by atoms with van der Waals surface area (Å²) < 4.78 is 0. The third kappa shape index (κ3) is 4.76. The minimum Gasteiger partial charge on any atom is -0.409 e. The van der Waals surface area contributed by atoms with Gasteiger partial charge in [-0.15, -0.1) is 0 Å². The number of hydrogen-bond donors (Lipinski definition) is 2. The van der Waals surface area contributed by atoms with E-state index in [2.05, 4.69) is 10.5 Å². The number of nitrogens with one attached hydrogen (secondary N) is 1. The molecule has 1 amide bonds. The maximum atomic E-state index is 12.5. The highest BCUT2D eigenvalue weighted by Crippen LogP contribution is 2.23. The van der Waals surface area contributed by atoms with Gasteiger partial charge >= 0.3 is 0 Å². The molecule has 136 valence electrons. The fourth-order valence-corrected chi connectivity index (χ4v) is 3.42. The van der Waals surface area contributed by atoms with Gasteiger partial charge in [0.05, 0.1) is 0 Å². The Labute approximate surface area is 158 Å². The Morgan fingerprint density at radius 1 is 1.15 bits per heavy atom. The molecule has 0 unspecified atom stereocenters. The third-order valence-electron chi connectivity index (χ3n) is 4.64. The average Bonchev–Trinajstić information content (AvgIpc) is 2.68. The summed E-state index contributed by atoms with van der Waals surface area (Å²) in [4.78, 5) is 14.4. The first-order valence-corrected chi connectivity index (χ1v) is 9.11. The van der Waals surface area contributed by atoms with Gasteiger partial charge in [-0.3, -0.25) is 4.79 Å². The van der Waals surface area contributed by atoms with Gasteiger partial charge < -0.3 is 15.4 Å². The third-order valence-corrected chi connectivity index (χ3v) is 4.87. The smallest absolute Gasteiger partial charge is 0.253 e. The molecule has 1 aliphatic rings.